The van der Waals surface area contributed by atoms with E-state index < -0.39 is 10.0 Å². The quantitative estimate of drug-likeness (QED) is 0.788. The van der Waals surface area contributed by atoms with Crippen molar-refractivity contribution < 1.29 is 17.6 Å². The summed E-state index contributed by atoms with van der Waals surface area (Å²) in [6.07, 6.45) is 2.19. The van der Waals surface area contributed by atoms with Gasteiger partial charge in [-0.1, -0.05) is 13.0 Å². The fraction of sp³-hybridized carbons (Fsp3) is 0.353. The molecule has 0 aliphatic carbocycles. The maximum atomic E-state index is 12.5. The number of aryl methyl sites for hydroxylation is 1. The number of hydrogen-bond donors (Lipinski definition) is 1. The van der Waals surface area contributed by atoms with Gasteiger partial charge in [0.25, 0.3) is 5.91 Å². The van der Waals surface area contributed by atoms with Crippen LogP contribution in [0.5, 0.6) is 0 Å². The summed E-state index contributed by atoms with van der Waals surface area (Å²) in [5.41, 5.74) is 2.16. The molecule has 0 radical (unpaired) electrons. The number of nitrogens with zero attached hydrogens (tertiary/aromatic N) is 1. The Labute approximate surface area is 155 Å². The lowest BCUT2D eigenvalue weighted by Crippen LogP contribution is -2.37. The molecule has 0 atom stereocenters. The van der Waals surface area contributed by atoms with Crippen molar-refractivity contribution in [2.45, 2.75) is 26.2 Å². The number of carbonyl (C=O) groups is 1. The number of sulfonamides is 1. The van der Waals surface area contributed by atoms with E-state index in [9.17, 15) is 13.2 Å². The second kappa shape index (κ2) is 7.21. The van der Waals surface area contributed by atoms with E-state index >= 15 is 0 Å². The number of fused-ring (bicyclic) bond motifs is 1. The predicted molar refractivity (Wildman–Crippen MR) is 101 cm³/mol. The van der Waals surface area contributed by atoms with Crippen LogP contribution in [0.15, 0.2) is 39.4 Å². The smallest absolute Gasteiger partial charge is 0.291 e. The number of hydrogen-bond acceptors (Lipinski definition) is 4. The monoisotopic (exact) mass is 426 g/mol. The third kappa shape index (κ3) is 3.90. The number of rotatable bonds is 5. The van der Waals surface area contributed by atoms with Crippen LogP contribution in [0.2, 0.25) is 0 Å². The number of anilines is 2. The Hall–Kier alpha value is -1.80. The van der Waals surface area contributed by atoms with Crippen molar-refractivity contribution in [3.63, 3.8) is 0 Å². The molecule has 3 rings (SSSR count). The number of amides is 1. The Morgan fingerprint density at radius 1 is 1.32 bits per heavy atom. The highest BCUT2D eigenvalue weighted by Crippen LogP contribution is 2.32. The van der Waals surface area contributed by atoms with Crippen LogP contribution in [0.3, 0.4) is 0 Å². The molecule has 1 aliphatic heterocycles. The molecule has 1 aliphatic rings. The van der Waals surface area contributed by atoms with Crippen LogP contribution in [-0.4, -0.2) is 26.6 Å². The largest absolute Gasteiger partial charge is 0.444 e. The van der Waals surface area contributed by atoms with E-state index in [1.807, 2.05) is 13.0 Å². The normalized spacial score (nSPS) is 14.2. The number of benzene rings is 1. The first-order valence-corrected chi connectivity index (χ1v) is 10.5. The molecular formula is C17H19BrN2O4S. The summed E-state index contributed by atoms with van der Waals surface area (Å²) in [7, 11) is -3.34. The number of halogens is 1. The lowest BCUT2D eigenvalue weighted by molar-refractivity contribution is 0.0995. The van der Waals surface area contributed by atoms with Crippen LogP contribution in [0.4, 0.5) is 11.4 Å². The van der Waals surface area contributed by atoms with Crippen molar-refractivity contribution >= 4 is 43.2 Å². The van der Waals surface area contributed by atoms with Gasteiger partial charge in [0.2, 0.25) is 10.0 Å². The van der Waals surface area contributed by atoms with Gasteiger partial charge in [0.1, 0.15) is 0 Å². The highest BCUT2D eigenvalue weighted by molar-refractivity contribution is 9.10. The van der Waals surface area contributed by atoms with Gasteiger partial charge < -0.3 is 9.73 Å². The standard InChI is InChI=1S/C17H19BrN2O4S/c1-2-10-25(22,23)20-9-3-4-12-5-6-13(11-14(12)20)19-17(21)15-7-8-16(18)24-15/h5-8,11H,2-4,9-10H2,1H3,(H,19,21). The molecule has 1 N–H and O–H groups in total. The zero-order chi connectivity index (χ0) is 18.0. The fourth-order valence-corrected chi connectivity index (χ4v) is 4.82. The Balaban J connectivity index is 1.88. The molecule has 1 aromatic heterocycles. The summed E-state index contributed by atoms with van der Waals surface area (Å²) in [5.74, 6) is -0.0897. The molecule has 0 spiro atoms. The molecule has 2 aromatic rings. The number of furan rings is 1. The van der Waals surface area contributed by atoms with Crippen molar-refractivity contribution in [1.82, 2.24) is 0 Å². The maximum Gasteiger partial charge on any atom is 0.291 e. The molecule has 0 bridgehead atoms. The molecule has 0 fully saturated rings. The second-order valence-corrected chi connectivity index (χ2v) is 8.69. The maximum absolute atomic E-state index is 12.5. The molecule has 0 saturated carbocycles. The zero-order valence-electron chi connectivity index (χ0n) is 13.8. The molecular weight excluding hydrogens is 408 g/mol. The lowest BCUT2D eigenvalue weighted by Gasteiger charge is -2.30. The Morgan fingerprint density at radius 2 is 2.12 bits per heavy atom. The van der Waals surface area contributed by atoms with E-state index in [1.54, 1.807) is 24.3 Å². The van der Waals surface area contributed by atoms with Gasteiger partial charge in [-0.2, -0.15) is 0 Å². The summed E-state index contributed by atoms with van der Waals surface area (Å²) >= 11 is 3.16. The molecule has 0 unspecified atom stereocenters. The highest BCUT2D eigenvalue weighted by atomic mass is 79.9. The van der Waals surface area contributed by atoms with Crippen LogP contribution >= 0.6 is 15.9 Å². The van der Waals surface area contributed by atoms with E-state index in [4.69, 9.17) is 4.42 Å². The molecule has 6 nitrogen and oxygen atoms in total. The minimum absolute atomic E-state index is 0.115. The van der Waals surface area contributed by atoms with Crippen molar-refractivity contribution in [2.24, 2.45) is 0 Å². The van der Waals surface area contributed by atoms with Gasteiger partial charge in [0.05, 0.1) is 11.4 Å². The lowest BCUT2D eigenvalue weighted by atomic mass is 10.0. The minimum Gasteiger partial charge on any atom is -0.444 e. The Bertz CT molecular complexity index is 892. The van der Waals surface area contributed by atoms with Crippen molar-refractivity contribution in [2.75, 3.05) is 21.9 Å². The SMILES string of the molecule is CCCS(=O)(=O)N1CCCc2ccc(NC(=O)c3ccc(Br)o3)cc21. The van der Waals surface area contributed by atoms with Gasteiger partial charge in [-0.25, -0.2) is 8.42 Å². The third-order valence-electron chi connectivity index (χ3n) is 4.01. The van der Waals surface area contributed by atoms with Crippen molar-refractivity contribution in [3.05, 3.63) is 46.3 Å². The molecule has 25 heavy (non-hydrogen) atoms. The van der Waals surface area contributed by atoms with E-state index in [2.05, 4.69) is 21.2 Å². The van der Waals surface area contributed by atoms with Crippen LogP contribution in [-0.2, 0) is 16.4 Å². The predicted octanol–water partition coefficient (Wildman–Crippen LogP) is 3.79. The summed E-state index contributed by atoms with van der Waals surface area (Å²) in [5, 5.41) is 2.75. The van der Waals surface area contributed by atoms with Gasteiger partial charge in [0.15, 0.2) is 10.4 Å². The average Bonchev–Trinajstić information content (AvgIpc) is 3.01. The second-order valence-electron chi connectivity index (χ2n) is 5.89. The molecule has 1 aromatic carbocycles. The van der Waals surface area contributed by atoms with Crippen LogP contribution < -0.4 is 9.62 Å². The van der Waals surface area contributed by atoms with Gasteiger partial charge in [-0.3, -0.25) is 9.10 Å². The summed E-state index contributed by atoms with van der Waals surface area (Å²) in [4.78, 5) is 12.2. The van der Waals surface area contributed by atoms with Crippen LogP contribution in [0.1, 0.15) is 35.9 Å². The Kier molecular flexibility index (Phi) is 5.19. The number of nitrogens with one attached hydrogen (secondary N) is 1. The van der Waals surface area contributed by atoms with Crippen LogP contribution in [0, 0.1) is 0 Å². The first-order valence-electron chi connectivity index (χ1n) is 8.11. The van der Waals surface area contributed by atoms with E-state index in [0.29, 0.717) is 29.0 Å². The third-order valence-corrected chi connectivity index (χ3v) is 6.42. The van der Waals surface area contributed by atoms with E-state index in [-0.39, 0.29) is 17.4 Å². The molecule has 1 amide bonds. The van der Waals surface area contributed by atoms with Gasteiger partial charge in [-0.15, -0.1) is 0 Å². The summed E-state index contributed by atoms with van der Waals surface area (Å²) < 4.78 is 32.2. The van der Waals surface area contributed by atoms with E-state index in [0.717, 1.165) is 18.4 Å². The number of carbonyl (C=O) groups excluding carboxylic acids is 1. The fourth-order valence-electron chi connectivity index (χ4n) is 2.90. The first kappa shape index (κ1) is 18.0. The van der Waals surface area contributed by atoms with Gasteiger partial charge in [0, 0.05) is 12.2 Å². The first-order chi connectivity index (χ1) is 11.9. The van der Waals surface area contributed by atoms with Crippen molar-refractivity contribution in [1.29, 1.82) is 0 Å². The average molecular weight is 427 g/mol. The minimum atomic E-state index is -3.34. The van der Waals surface area contributed by atoms with Crippen LogP contribution in [0.25, 0.3) is 0 Å². The summed E-state index contributed by atoms with van der Waals surface area (Å²) in [6.45, 7) is 2.32. The van der Waals surface area contributed by atoms with Crippen molar-refractivity contribution in [3.8, 4) is 0 Å². The van der Waals surface area contributed by atoms with E-state index in [1.165, 1.54) is 4.31 Å². The molecule has 0 saturated heterocycles. The molecule has 2 heterocycles. The topological polar surface area (TPSA) is 79.6 Å². The zero-order valence-corrected chi connectivity index (χ0v) is 16.2. The molecule has 8 heteroatoms. The summed E-state index contributed by atoms with van der Waals surface area (Å²) in [6, 6.07) is 8.58. The Morgan fingerprint density at radius 3 is 2.80 bits per heavy atom. The van der Waals surface area contributed by atoms with Gasteiger partial charge in [-0.05, 0) is 65.0 Å². The molecule has 134 valence electrons. The van der Waals surface area contributed by atoms with Gasteiger partial charge >= 0.3 is 0 Å². The highest BCUT2D eigenvalue weighted by Gasteiger charge is 2.27.